The van der Waals surface area contributed by atoms with Crippen molar-refractivity contribution in [2.24, 2.45) is 0 Å². The van der Waals surface area contributed by atoms with Gasteiger partial charge >= 0.3 is 11.9 Å². The molecule has 0 unspecified atom stereocenters. The van der Waals surface area contributed by atoms with Gasteiger partial charge in [0.05, 0.1) is 17.7 Å². The molecule has 0 spiro atoms. The number of carbonyl (C=O) groups is 3. The second kappa shape index (κ2) is 9.60. The number of aromatic nitrogens is 1. The lowest BCUT2D eigenvalue weighted by atomic mass is 10.1. The maximum atomic E-state index is 12.4. The molecule has 1 heterocycles. The Labute approximate surface area is 174 Å². The summed E-state index contributed by atoms with van der Waals surface area (Å²) >= 11 is 5.96. The van der Waals surface area contributed by atoms with Crippen molar-refractivity contribution in [3.05, 3.63) is 57.4 Å². The van der Waals surface area contributed by atoms with Crippen LogP contribution in [0.3, 0.4) is 0 Å². The molecule has 29 heavy (non-hydrogen) atoms. The van der Waals surface area contributed by atoms with Crippen LogP contribution in [0.5, 0.6) is 0 Å². The minimum Gasteiger partial charge on any atom is -0.459 e. The van der Waals surface area contributed by atoms with E-state index in [9.17, 15) is 14.4 Å². The number of H-pyrrole nitrogens is 1. The van der Waals surface area contributed by atoms with Crippen molar-refractivity contribution in [2.45, 2.75) is 46.8 Å². The van der Waals surface area contributed by atoms with Crippen molar-refractivity contribution < 1.29 is 23.9 Å². The van der Waals surface area contributed by atoms with E-state index in [0.29, 0.717) is 21.8 Å². The van der Waals surface area contributed by atoms with E-state index >= 15 is 0 Å². The first-order valence-electron chi connectivity index (χ1n) is 9.22. The number of aryl methyl sites for hydroxylation is 1. The Kier molecular flexibility index (Phi) is 7.45. The van der Waals surface area contributed by atoms with E-state index in [4.69, 9.17) is 21.1 Å². The maximum Gasteiger partial charge on any atom is 0.355 e. The molecule has 0 aliphatic heterocycles. The van der Waals surface area contributed by atoms with Crippen LogP contribution in [0, 0.1) is 13.8 Å². The zero-order chi connectivity index (χ0) is 21.7. The smallest absolute Gasteiger partial charge is 0.355 e. The maximum absolute atomic E-state index is 12.4. The standard InChI is InChI=1S/C21H25ClN2O5/c1-11(2)29-20(26)18-12(3)19(24-14(18)5)21(27)28-10-17(25)23-13(4)15-7-6-8-16(22)9-15/h6-9,11,13,24H,10H2,1-5H3,(H,23,25)/t13-/m0/s1. The van der Waals surface area contributed by atoms with Gasteiger partial charge in [-0.2, -0.15) is 0 Å². The quantitative estimate of drug-likeness (QED) is 0.662. The van der Waals surface area contributed by atoms with Gasteiger partial charge in [-0.1, -0.05) is 23.7 Å². The van der Waals surface area contributed by atoms with E-state index in [-0.39, 0.29) is 17.8 Å². The number of nitrogens with one attached hydrogen (secondary N) is 2. The van der Waals surface area contributed by atoms with Crippen LogP contribution in [0.25, 0.3) is 0 Å². The molecule has 0 radical (unpaired) electrons. The van der Waals surface area contributed by atoms with Crippen molar-refractivity contribution in [1.82, 2.24) is 10.3 Å². The third kappa shape index (κ3) is 5.84. The number of esters is 2. The second-order valence-corrected chi connectivity index (χ2v) is 7.44. The number of aromatic amines is 1. The molecule has 0 saturated carbocycles. The van der Waals surface area contributed by atoms with Crippen LogP contribution in [0.15, 0.2) is 24.3 Å². The van der Waals surface area contributed by atoms with Gasteiger partial charge in [0, 0.05) is 10.7 Å². The highest BCUT2D eigenvalue weighted by atomic mass is 35.5. The van der Waals surface area contributed by atoms with Crippen LogP contribution < -0.4 is 5.32 Å². The Bertz CT molecular complexity index is 920. The monoisotopic (exact) mass is 420 g/mol. The highest BCUT2D eigenvalue weighted by Crippen LogP contribution is 2.21. The van der Waals surface area contributed by atoms with Gasteiger partial charge in [0.2, 0.25) is 0 Å². The highest BCUT2D eigenvalue weighted by Gasteiger charge is 2.25. The van der Waals surface area contributed by atoms with Gasteiger partial charge in [-0.05, 0) is 57.9 Å². The van der Waals surface area contributed by atoms with Crippen LogP contribution in [-0.2, 0) is 14.3 Å². The third-order valence-corrected chi connectivity index (χ3v) is 4.48. The Balaban J connectivity index is 1.98. The van der Waals surface area contributed by atoms with Gasteiger partial charge in [0.1, 0.15) is 5.69 Å². The van der Waals surface area contributed by atoms with E-state index in [2.05, 4.69) is 10.3 Å². The largest absolute Gasteiger partial charge is 0.459 e. The van der Waals surface area contributed by atoms with Crippen LogP contribution in [-0.4, -0.2) is 35.5 Å². The SMILES string of the molecule is Cc1[nH]c(C(=O)OCC(=O)N[C@@H](C)c2cccc(Cl)c2)c(C)c1C(=O)OC(C)C. The molecule has 2 rings (SSSR count). The first kappa shape index (κ1) is 22.5. The number of amides is 1. The summed E-state index contributed by atoms with van der Waals surface area (Å²) in [6.07, 6.45) is -0.281. The van der Waals surface area contributed by atoms with E-state index in [1.807, 2.05) is 6.07 Å². The van der Waals surface area contributed by atoms with Crippen LogP contribution in [0.2, 0.25) is 5.02 Å². The molecule has 0 fully saturated rings. The minimum absolute atomic E-state index is 0.119. The van der Waals surface area contributed by atoms with E-state index in [1.54, 1.807) is 52.8 Å². The lowest BCUT2D eigenvalue weighted by Crippen LogP contribution is -2.31. The molecule has 1 amide bonds. The molecule has 2 aromatic rings. The molecule has 156 valence electrons. The summed E-state index contributed by atoms with van der Waals surface area (Å²) in [5.74, 6) is -1.69. The van der Waals surface area contributed by atoms with Gasteiger partial charge in [-0.3, -0.25) is 4.79 Å². The van der Waals surface area contributed by atoms with Crippen LogP contribution in [0.1, 0.15) is 64.5 Å². The number of rotatable bonds is 7. The number of halogens is 1. The zero-order valence-electron chi connectivity index (χ0n) is 17.1. The fourth-order valence-electron chi connectivity index (χ4n) is 2.88. The average molecular weight is 421 g/mol. The zero-order valence-corrected chi connectivity index (χ0v) is 17.8. The van der Waals surface area contributed by atoms with Gasteiger partial charge in [0.25, 0.3) is 5.91 Å². The molecule has 1 aromatic heterocycles. The van der Waals surface area contributed by atoms with Crippen molar-refractivity contribution in [3.8, 4) is 0 Å². The lowest BCUT2D eigenvalue weighted by Gasteiger charge is -2.14. The Morgan fingerprint density at radius 3 is 2.45 bits per heavy atom. The summed E-state index contributed by atoms with van der Waals surface area (Å²) in [7, 11) is 0. The van der Waals surface area contributed by atoms with E-state index in [1.165, 1.54) is 0 Å². The van der Waals surface area contributed by atoms with Crippen molar-refractivity contribution in [1.29, 1.82) is 0 Å². The number of benzene rings is 1. The van der Waals surface area contributed by atoms with Gasteiger partial charge in [0.15, 0.2) is 6.61 Å². The van der Waals surface area contributed by atoms with Crippen molar-refractivity contribution in [2.75, 3.05) is 6.61 Å². The molecule has 0 saturated heterocycles. The molecule has 1 aromatic carbocycles. The van der Waals surface area contributed by atoms with E-state index < -0.39 is 24.5 Å². The molecule has 8 heteroatoms. The topological polar surface area (TPSA) is 97.5 Å². The van der Waals surface area contributed by atoms with Crippen LogP contribution >= 0.6 is 11.6 Å². The Hall–Kier alpha value is -2.80. The first-order valence-corrected chi connectivity index (χ1v) is 9.60. The Morgan fingerprint density at radius 1 is 1.14 bits per heavy atom. The Morgan fingerprint density at radius 2 is 1.83 bits per heavy atom. The van der Waals surface area contributed by atoms with Gasteiger partial charge < -0.3 is 19.8 Å². The summed E-state index contributed by atoms with van der Waals surface area (Å²) in [5.41, 5.74) is 2.17. The second-order valence-electron chi connectivity index (χ2n) is 7.00. The van der Waals surface area contributed by atoms with Crippen molar-refractivity contribution in [3.63, 3.8) is 0 Å². The number of hydrogen-bond acceptors (Lipinski definition) is 5. The third-order valence-electron chi connectivity index (χ3n) is 4.25. The first-order chi connectivity index (χ1) is 13.6. The molecule has 0 aliphatic carbocycles. The van der Waals surface area contributed by atoms with Crippen molar-refractivity contribution >= 4 is 29.4 Å². The molecular weight excluding hydrogens is 396 g/mol. The molecule has 0 bridgehead atoms. The number of carbonyl (C=O) groups excluding carboxylic acids is 3. The summed E-state index contributed by atoms with van der Waals surface area (Å²) in [6.45, 7) is 8.13. The highest BCUT2D eigenvalue weighted by molar-refractivity contribution is 6.30. The fraction of sp³-hybridized carbons (Fsp3) is 0.381. The summed E-state index contributed by atoms with van der Waals surface area (Å²) in [4.78, 5) is 39.6. The predicted octanol–water partition coefficient (Wildman–Crippen LogP) is 3.88. The van der Waals surface area contributed by atoms with E-state index in [0.717, 1.165) is 5.56 Å². The summed E-state index contributed by atoms with van der Waals surface area (Å²) < 4.78 is 10.3. The van der Waals surface area contributed by atoms with Crippen LogP contribution in [0.4, 0.5) is 0 Å². The summed E-state index contributed by atoms with van der Waals surface area (Å²) in [5, 5.41) is 3.31. The normalized spacial score (nSPS) is 11.8. The molecule has 2 N–H and O–H groups in total. The predicted molar refractivity (Wildman–Crippen MR) is 109 cm³/mol. The average Bonchev–Trinajstić information content (AvgIpc) is 2.93. The molecule has 0 aliphatic rings. The number of hydrogen-bond donors (Lipinski definition) is 2. The molecular formula is C21H25ClN2O5. The molecule has 1 atom stereocenters. The minimum atomic E-state index is -0.722. The lowest BCUT2D eigenvalue weighted by molar-refractivity contribution is -0.124. The summed E-state index contributed by atoms with van der Waals surface area (Å²) in [6, 6.07) is 6.82. The molecule has 7 nitrogen and oxygen atoms in total. The number of ether oxygens (including phenoxy) is 2. The van der Waals surface area contributed by atoms with Gasteiger partial charge in [-0.15, -0.1) is 0 Å². The fourth-order valence-corrected chi connectivity index (χ4v) is 3.08. The van der Waals surface area contributed by atoms with Gasteiger partial charge in [-0.25, -0.2) is 9.59 Å².